The summed E-state index contributed by atoms with van der Waals surface area (Å²) in [6.45, 7) is 14.1. The number of piperidine rings is 1. The number of carbonyl (C=O) groups is 2. The van der Waals surface area contributed by atoms with Crippen molar-refractivity contribution in [3.05, 3.63) is 29.8 Å². The maximum absolute atomic E-state index is 12.4. The molecule has 0 bridgehead atoms. The zero-order valence-corrected chi connectivity index (χ0v) is 22.5. The van der Waals surface area contributed by atoms with E-state index in [2.05, 4.69) is 44.0 Å². The number of phenolic OH excluding ortho intramolecular Hbond substituents is 1. The fourth-order valence-corrected chi connectivity index (χ4v) is 4.89. The van der Waals surface area contributed by atoms with Crippen LogP contribution in [0, 0.1) is 11.8 Å². The number of hydrogen-bond donors (Lipinski definition) is 2. The molecular weight excluding hydrogens is 452 g/mol. The Kier molecular flexibility index (Phi) is 13.0. The number of amides is 1. The van der Waals surface area contributed by atoms with Crippen molar-refractivity contribution in [3.63, 3.8) is 0 Å². The van der Waals surface area contributed by atoms with Crippen LogP contribution in [0.1, 0.15) is 78.7 Å². The largest absolute Gasteiger partial charge is 0.508 e. The van der Waals surface area contributed by atoms with Crippen LogP contribution < -0.4 is 5.32 Å². The summed E-state index contributed by atoms with van der Waals surface area (Å²) in [5.41, 5.74) is 1.27. The molecule has 194 valence electrons. The van der Waals surface area contributed by atoms with Gasteiger partial charge in [-0.3, -0.25) is 9.59 Å². The number of aromatic hydroxyl groups is 1. The maximum Gasteiger partial charge on any atom is 0.305 e. The number of likely N-dealkylation sites (tertiary alicyclic amines) is 1. The van der Waals surface area contributed by atoms with E-state index in [9.17, 15) is 14.7 Å². The Morgan fingerprint density at radius 3 is 2.65 bits per heavy atom. The third-order valence-electron chi connectivity index (χ3n) is 7.08. The molecule has 1 aliphatic heterocycles. The number of halogens is 1. The van der Waals surface area contributed by atoms with Crippen LogP contribution in [0.15, 0.2) is 24.3 Å². The molecule has 1 aromatic carbocycles. The van der Waals surface area contributed by atoms with Crippen molar-refractivity contribution in [2.24, 2.45) is 11.8 Å². The number of esters is 1. The number of phenols is 1. The second kappa shape index (κ2) is 14.6. The van der Waals surface area contributed by atoms with Crippen LogP contribution in [0.4, 0.5) is 0 Å². The molecule has 1 unspecified atom stereocenters. The predicted octanol–water partition coefficient (Wildman–Crippen LogP) is 5.07. The van der Waals surface area contributed by atoms with Gasteiger partial charge in [-0.05, 0) is 74.1 Å². The first-order valence-corrected chi connectivity index (χ1v) is 12.6. The molecule has 0 spiro atoms. The molecule has 1 aromatic rings. The summed E-state index contributed by atoms with van der Waals surface area (Å²) in [7, 11) is 0. The Bertz CT molecular complexity index is 773. The van der Waals surface area contributed by atoms with Gasteiger partial charge in [-0.1, -0.05) is 39.8 Å². The number of nitrogens with one attached hydrogen (secondary N) is 1. The molecule has 1 aliphatic rings. The monoisotopic (exact) mass is 496 g/mol. The normalized spacial score (nSPS) is 21.5. The number of carbonyl (C=O) groups excluding carboxylic acids is 2. The smallest absolute Gasteiger partial charge is 0.305 e. The molecule has 0 radical (unpaired) electrons. The van der Waals surface area contributed by atoms with Crippen LogP contribution in [-0.4, -0.2) is 54.2 Å². The van der Waals surface area contributed by atoms with Crippen molar-refractivity contribution >= 4 is 24.3 Å². The molecule has 6 nitrogen and oxygen atoms in total. The fourth-order valence-electron chi connectivity index (χ4n) is 4.89. The summed E-state index contributed by atoms with van der Waals surface area (Å²) in [5, 5.41) is 13.1. The Balaban J connectivity index is 0.00000578. The predicted molar refractivity (Wildman–Crippen MR) is 139 cm³/mol. The van der Waals surface area contributed by atoms with Crippen molar-refractivity contribution in [1.29, 1.82) is 0 Å². The van der Waals surface area contributed by atoms with Crippen LogP contribution >= 0.6 is 12.4 Å². The molecule has 0 saturated carbocycles. The lowest BCUT2D eigenvalue weighted by Gasteiger charge is -2.45. The van der Waals surface area contributed by atoms with Gasteiger partial charge in [-0.2, -0.15) is 0 Å². The first-order chi connectivity index (χ1) is 15.6. The molecule has 2 N–H and O–H groups in total. The minimum Gasteiger partial charge on any atom is -0.508 e. The van der Waals surface area contributed by atoms with E-state index in [0.717, 1.165) is 38.9 Å². The lowest BCUT2D eigenvalue weighted by Crippen LogP contribution is -2.48. The third kappa shape index (κ3) is 9.46. The van der Waals surface area contributed by atoms with Gasteiger partial charge in [0.25, 0.3) is 0 Å². The lowest BCUT2D eigenvalue weighted by molar-refractivity contribution is -0.143. The molecular formula is C27H45ClN2O4. The summed E-state index contributed by atoms with van der Waals surface area (Å²) in [5.74, 6) is 1.09. The minimum absolute atomic E-state index is 0. The summed E-state index contributed by atoms with van der Waals surface area (Å²) in [4.78, 5) is 26.4. The zero-order chi connectivity index (χ0) is 24.4. The van der Waals surface area contributed by atoms with E-state index in [4.69, 9.17) is 4.74 Å². The van der Waals surface area contributed by atoms with Crippen molar-refractivity contribution in [3.8, 4) is 5.75 Å². The van der Waals surface area contributed by atoms with E-state index in [1.165, 1.54) is 5.56 Å². The van der Waals surface area contributed by atoms with Crippen LogP contribution in [0.2, 0.25) is 0 Å². The first kappa shape index (κ1) is 30.2. The van der Waals surface area contributed by atoms with Gasteiger partial charge in [0, 0.05) is 32.0 Å². The highest BCUT2D eigenvalue weighted by Crippen LogP contribution is 2.40. The molecule has 7 heteroatoms. The van der Waals surface area contributed by atoms with Gasteiger partial charge in [-0.25, -0.2) is 0 Å². The van der Waals surface area contributed by atoms with E-state index in [0.29, 0.717) is 43.5 Å². The van der Waals surface area contributed by atoms with E-state index < -0.39 is 0 Å². The van der Waals surface area contributed by atoms with Crippen molar-refractivity contribution < 1.29 is 19.4 Å². The third-order valence-corrected chi connectivity index (χ3v) is 7.08. The second-order valence-electron chi connectivity index (χ2n) is 10.3. The first-order valence-electron chi connectivity index (χ1n) is 12.6. The minimum atomic E-state index is -0.235. The Morgan fingerprint density at radius 1 is 1.29 bits per heavy atom. The highest BCUT2D eigenvalue weighted by atomic mass is 35.5. The Morgan fingerprint density at radius 2 is 2.03 bits per heavy atom. The van der Waals surface area contributed by atoms with Crippen molar-refractivity contribution in [1.82, 2.24) is 10.2 Å². The van der Waals surface area contributed by atoms with Gasteiger partial charge in [0.2, 0.25) is 5.91 Å². The maximum atomic E-state index is 12.4. The average molecular weight is 497 g/mol. The molecule has 34 heavy (non-hydrogen) atoms. The van der Waals surface area contributed by atoms with Crippen LogP contribution in [-0.2, 0) is 19.7 Å². The highest BCUT2D eigenvalue weighted by Gasteiger charge is 2.38. The van der Waals surface area contributed by atoms with E-state index >= 15 is 0 Å². The molecule has 1 amide bonds. The average Bonchev–Trinajstić information content (AvgIpc) is 2.74. The Labute approximate surface area is 212 Å². The highest BCUT2D eigenvalue weighted by molar-refractivity contribution is 5.85. The number of rotatable bonds is 12. The van der Waals surface area contributed by atoms with Gasteiger partial charge in [-0.15, -0.1) is 12.4 Å². The summed E-state index contributed by atoms with van der Waals surface area (Å²) < 4.78 is 4.93. The number of hydrogen-bond acceptors (Lipinski definition) is 5. The summed E-state index contributed by atoms with van der Waals surface area (Å²) in [6.07, 6.45) is 4.10. The molecule has 0 aromatic heterocycles. The topological polar surface area (TPSA) is 78.9 Å². The summed E-state index contributed by atoms with van der Waals surface area (Å²) >= 11 is 0. The molecule has 3 atom stereocenters. The van der Waals surface area contributed by atoms with Gasteiger partial charge < -0.3 is 20.1 Å². The number of nitrogens with zero attached hydrogens (tertiary/aromatic N) is 1. The van der Waals surface area contributed by atoms with Crippen molar-refractivity contribution in [2.75, 3.05) is 26.2 Å². The van der Waals surface area contributed by atoms with Crippen LogP contribution in [0.3, 0.4) is 0 Å². The zero-order valence-electron chi connectivity index (χ0n) is 21.6. The fraction of sp³-hybridized carbons (Fsp3) is 0.704. The van der Waals surface area contributed by atoms with E-state index in [-0.39, 0.29) is 35.7 Å². The van der Waals surface area contributed by atoms with Gasteiger partial charge >= 0.3 is 5.97 Å². The quantitative estimate of drug-likeness (QED) is 0.395. The standard InChI is InChI=1S/C27H44N2O4.ClH/c1-6-33-26(32)12-8-11-25(31)28-23(17-20(2)3)13-15-29-16-14-27(5,21(4)19-29)22-9-7-10-24(30)18-22;/h7,9-10,18,20-21,23,30H,6,8,11-17,19H2,1-5H3,(H,28,31);1H/t21-,23?,27-;/m0./s1. The van der Waals surface area contributed by atoms with Gasteiger partial charge in [0.1, 0.15) is 5.75 Å². The van der Waals surface area contributed by atoms with Crippen LogP contribution in [0.5, 0.6) is 5.75 Å². The SMILES string of the molecule is CCOC(=O)CCCC(=O)NC(CCN1CC[C@](C)(c2cccc(O)c2)[C@@H](C)C1)CC(C)C.Cl. The number of benzene rings is 1. The van der Waals surface area contributed by atoms with Gasteiger partial charge in [0.15, 0.2) is 0 Å². The lowest BCUT2D eigenvalue weighted by atomic mass is 9.68. The number of ether oxygens (including phenoxy) is 1. The van der Waals surface area contributed by atoms with E-state index in [1.807, 2.05) is 12.1 Å². The molecule has 1 fully saturated rings. The summed E-state index contributed by atoms with van der Waals surface area (Å²) in [6, 6.07) is 7.84. The Hall–Kier alpha value is -1.79. The molecule has 0 aliphatic carbocycles. The second-order valence-corrected chi connectivity index (χ2v) is 10.3. The van der Waals surface area contributed by atoms with Crippen LogP contribution in [0.25, 0.3) is 0 Å². The van der Waals surface area contributed by atoms with E-state index in [1.54, 1.807) is 13.0 Å². The van der Waals surface area contributed by atoms with Crippen molar-refractivity contribution in [2.45, 2.75) is 84.6 Å². The molecule has 1 saturated heterocycles. The molecule has 2 rings (SSSR count). The molecule has 1 heterocycles. The van der Waals surface area contributed by atoms with Gasteiger partial charge in [0.05, 0.1) is 6.61 Å².